The predicted octanol–water partition coefficient (Wildman–Crippen LogP) is 3.52. The van der Waals surface area contributed by atoms with Gasteiger partial charge >= 0.3 is 0 Å². The van der Waals surface area contributed by atoms with Crippen LogP contribution in [-0.4, -0.2) is 15.3 Å². The lowest BCUT2D eigenvalue weighted by molar-refractivity contribution is 0.0930. The van der Waals surface area contributed by atoms with Gasteiger partial charge in [0.25, 0.3) is 11.5 Å². The Labute approximate surface area is 152 Å². The highest BCUT2D eigenvalue weighted by atomic mass is 16.2. The van der Waals surface area contributed by atoms with Gasteiger partial charge in [0.2, 0.25) is 0 Å². The normalized spacial score (nSPS) is 12.3. The first-order chi connectivity index (χ1) is 12.5. The van der Waals surface area contributed by atoms with Gasteiger partial charge in [-0.25, -0.2) is 4.98 Å². The smallest absolute Gasteiger partial charge is 0.270 e. The van der Waals surface area contributed by atoms with Crippen LogP contribution in [0.4, 0.5) is 0 Å². The molecule has 1 aromatic carbocycles. The summed E-state index contributed by atoms with van der Waals surface area (Å²) in [6, 6.07) is 13.3. The first-order valence-electron chi connectivity index (χ1n) is 8.79. The van der Waals surface area contributed by atoms with Crippen LogP contribution in [0.15, 0.2) is 59.7 Å². The molecule has 0 aliphatic rings. The largest absolute Gasteiger partial charge is 0.345 e. The van der Waals surface area contributed by atoms with Crippen LogP contribution in [0.3, 0.4) is 0 Å². The summed E-state index contributed by atoms with van der Waals surface area (Å²) in [5, 5.41) is 3.01. The first-order valence-corrected chi connectivity index (χ1v) is 8.79. The molecule has 2 aromatic heterocycles. The van der Waals surface area contributed by atoms with Gasteiger partial charge in [-0.05, 0) is 36.5 Å². The van der Waals surface area contributed by atoms with E-state index in [-0.39, 0.29) is 17.2 Å². The summed E-state index contributed by atoms with van der Waals surface area (Å²) in [5.74, 6) is 0.00638. The van der Waals surface area contributed by atoms with Gasteiger partial charge in [-0.2, -0.15) is 0 Å². The zero-order valence-corrected chi connectivity index (χ0v) is 15.3. The van der Waals surface area contributed by atoms with E-state index in [1.54, 1.807) is 12.3 Å². The van der Waals surface area contributed by atoms with Crippen molar-refractivity contribution in [1.29, 1.82) is 0 Å². The average molecular weight is 349 g/mol. The van der Waals surface area contributed by atoms with Gasteiger partial charge in [0.05, 0.1) is 6.04 Å². The molecule has 5 nitrogen and oxygen atoms in total. The van der Waals surface area contributed by atoms with Gasteiger partial charge < -0.3 is 5.32 Å². The average Bonchev–Trinajstić information content (AvgIpc) is 2.62. The Kier molecular flexibility index (Phi) is 5.16. The lowest BCUT2D eigenvalue weighted by atomic mass is 9.97. The fraction of sp³-hybridized carbons (Fsp3) is 0.286. The minimum absolute atomic E-state index is 0.0535. The van der Waals surface area contributed by atoms with Crippen molar-refractivity contribution in [3.8, 4) is 0 Å². The number of benzene rings is 1. The molecular formula is C21H23N3O2. The fourth-order valence-electron chi connectivity index (χ4n) is 3.01. The first kappa shape index (κ1) is 17.9. The molecule has 134 valence electrons. The van der Waals surface area contributed by atoms with E-state index in [4.69, 9.17) is 0 Å². The highest BCUT2D eigenvalue weighted by molar-refractivity contribution is 5.94. The third-order valence-corrected chi connectivity index (χ3v) is 4.31. The number of aromatic nitrogens is 2. The molecule has 0 spiro atoms. The van der Waals surface area contributed by atoms with E-state index in [2.05, 4.69) is 24.1 Å². The molecule has 0 saturated heterocycles. The zero-order valence-electron chi connectivity index (χ0n) is 15.3. The maximum absolute atomic E-state index is 12.8. The molecule has 3 rings (SSSR count). The molecule has 0 radical (unpaired) electrons. The second kappa shape index (κ2) is 7.52. The van der Waals surface area contributed by atoms with Crippen molar-refractivity contribution in [2.75, 3.05) is 0 Å². The Morgan fingerprint density at radius 2 is 1.88 bits per heavy atom. The maximum atomic E-state index is 12.8. The molecule has 0 bridgehead atoms. The lowest BCUT2D eigenvalue weighted by Gasteiger charge is -2.21. The summed E-state index contributed by atoms with van der Waals surface area (Å²) in [6.45, 7) is 6.11. The van der Waals surface area contributed by atoms with E-state index < -0.39 is 5.91 Å². The molecule has 5 heteroatoms. The number of hydrogen-bond donors (Lipinski definition) is 1. The standard InChI is InChI=1S/C21H23N3O2/c1-14(2)11-18(16-7-5-4-6-8-16)23-20(25)17-12-22-19-10-9-15(3)13-24(19)21(17)26/h4-10,12-14,18H,11H2,1-3H3,(H,23,25). The molecule has 3 aromatic rings. The van der Waals surface area contributed by atoms with E-state index in [0.717, 1.165) is 17.5 Å². The number of aryl methyl sites for hydroxylation is 1. The zero-order chi connectivity index (χ0) is 18.7. The van der Waals surface area contributed by atoms with Gasteiger partial charge in [-0.1, -0.05) is 50.2 Å². The number of hydrogen-bond acceptors (Lipinski definition) is 3. The molecule has 1 atom stereocenters. The van der Waals surface area contributed by atoms with Gasteiger partial charge in [0.1, 0.15) is 11.2 Å². The molecule has 1 N–H and O–H groups in total. The van der Waals surface area contributed by atoms with Crippen LogP contribution < -0.4 is 10.9 Å². The van der Waals surface area contributed by atoms with Gasteiger partial charge in [-0.15, -0.1) is 0 Å². The number of fused-ring (bicyclic) bond motifs is 1. The predicted molar refractivity (Wildman–Crippen MR) is 102 cm³/mol. The Hall–Kier alpha value is -2.95. The topological polar surface area (TPSA) is 63.5 Å². The summed E-state index contributed by atoms with van der Waals surface area (Å²) in [4.78, 5) is 29.8. The molecule has 2 heterocycles. The summed E-state index contributed by atoms with van der Waals surface area (Å²) in [6.07, 6.45) is 3.85. The quantitative estimate of drug-likeness (QED) is 0.766. The molecule has 0 aliphatic heterocycles. The Morgan fingerprint density at radius 1 is 1.15 bits per heavy atom. The van der Waals surface area contributed by atoms with E-state index in [1.807, 2.05) is 43.3 Å². The molecule has 26 heavy (non-hydrogen) atoms. The maximum Gasteiger partial charge on any atom is 0.270 e. The molecule has 0 aliphatic carbocycles. The minimum Gasteiger partial charge on any atom is -0.345 e. The van der Waals surface area contributed by atoms with Gasteiger partial charge in [0, 0.05) is 12.4 Å². The minimum atomic E-state index is -0.395. The second-order valence-electron chi connectivity index (χ2n) is 6.98. The monoisotopic (exact) mass is 349 g/mol. The number of nitrogens with zero attached hydrogens (tertiary/aromatic N) is 2. The second-order valence-corrected chi connectivity index (χ2v) is 6.98. The summed E-state index contributed by atoms with van der Waals surface area (Å²) in [5.41, 5.74) is 2.18. The Balaban J connectivity index is 1.94. The van der Waals surface area contributed by atoms with E-state index in [1.165, 1.54) is 10.6 Å². The van der Waals surface area contributed by atoms with Crippen LogP contribution in [0.1, 0.15) is 47.8 Å². The van der Waals surface area contributed by atoms with Crippen molar-refractivity contribution in [1.82, 2.24) is 14.7 Å². The highest BCUT2D eigenvalue weighted by Gasteiger charge is 2.20. The van der Waals surface area contributed by atoms with Crippen LogP contribution in [0.25, 0.3) is 5.65 Å². The van der Waals surface area contributed by atoms with Crippen molar-refractivity contribution < 1.29 is 4.79 Å². The number of pyridine rings is 1. The van der Waals surface area contributed by atoms with Crippen LogP contribution in [-0.2, 0) is 0 Å². The van der Waals surface area contributed by atoms with Crippen molar-refractivity contribution in [3.05, 3.63) is 81.9 Å². The molecule has 1 unspecified atom stereocenters. The Morgan fingerprint density at radius 3 is 2.58 bits per heavy atom. The number of rotatable bonds is 5. The van der Waals surface area contributed by atoms with Crippen molar-refractivity contribution in [2.24, 2.45) is 5.92 Å². The van der Waals surface area contributed by atoms with Gasteiger partial charge in [-0.3, -0.25) is 14.0 Å². The van der Waals surface area contributed by atoms with Crippen molar-refractivity contribution in [2.45, 2.75) is 33.2 Å². The highest BCUT2D eigenvalue weighted by Crippen LogP contribution is 2.21. The molecule has 0 fully saturated rings. The van der Waals surface area contributed by atoms with Crippen LogP contribution in [0.5, 0.6) is 0 Å². The van der Waals surface area contributed by atoms with Crippen LogP contribution >= 0.6 is 0 Å². The third kappa shape index (κ3) is 3.82. The van der Waals surface area contributed by atoms with Crippen molar-refractivity contribution >= 4 is 11.6 Å². The molecule has 1 amide bonds. The number of amides is 1. The van der Waals surface area contributed by atoms with E-state index in [0.29, 0.717) is 11.6 Å². The van der Waals surface area contributed by atoms with Crippen LogP contribution in [0, 0.1) is 12.8 Å². The summed E-state index contributed by atoms with van der Waals surface area (Å²) < 4.78 is 1.42. The fourth-order valence-corrected chi connectivity index (χ4v) is 3.01. The summed E-state index contributed by atoms with van der Waals surface area (Å²) >= 11 is 0. The third-order valence-electron chi connectivity index (χ3n) is 4.31. The lowest BCUT2D eigenvalue weighted by Crippen LogP contribution is -2.34. The number of nitrogens with one attached hydrogen (secondary N) is 1. The van der Waals surface area contributed by atoms with E-state index >= 15 is 0 Å². The Bertz CT molecular complexity index is 977. The molecular weight excluding hydrogens is 326 g/mol. The van der Waals surface area contributed by atoms with E-state index in [9.17, 15) is 9.59 Å². The summed E-state index contributed by atoms with van der Waals surface area (Å²) in [7, 11) is 0. The van der Waals surface area contributed by atoms with Gasteiger partial charge in [0.15, 0.2) is 0 Å². The number of carbonyl (C=O) groups is 1. The van der Waals surface area contributed by atoms with Crippen LogP contribution in [0.2, 0.25) is 0 Å². The van der Waals surface area contributed by atoms with Crippen molar-refractivity contribution in [3.63, 3.8) is 0 Å². The number of carbonyl (C=O) groups excluding carboxylic acids is 1. The molecule has 0 saturated carbocycles. The SMILES string of the molecule is Cc1ccc2ncc(C(=O)NC(CC(C)C)c3ccccc3)c(=O)n2c1.